The van der Waals surface area contributed by atoms with Crippen molar-refractivity contribution in [2.24, 2.45) is 0 Å². The molecule has 0 bridgehead atoms. The average molecular weight is 1640 g/mol. The highest BCUT2D eigenvalue weighted by atomic mass is 15.4. The van der Waals surface area contributed by atoms with Crippen LogP contribution in [0.2, 0.25) is 0 Å². The summed E-state index contributed by atoms with van der Waals surface area (Å²) in [6.07, 6.45) is 24.0. The van der Waals surface area contributed by atoms with Gasteiger partial charge in [-0.15, -0.1) is 0 Å². The third-order valence-electron chi connectivity index (χ3n) is 25.6. The number of aryl methyl sites for hydroxylation is 10. The zero-order valence-corrected chi connectivity index (χ0v) is 74.0. The molecular formula is C107H118N16. The predicted octanol–water partition coefficient (Wildman–Crippen LogP) is 24.4. The maximum Gasteiger partial charge on any atom is 0.158 e. The first-order chi connectivity index (χ1) is 63.0. The van der Waals surface area contributed by atoms with Crippen molar-refractivity contribution in [3.63, 3.8) is 0 Å². The van der Waals surface area contributed by atoms with Gasteiger partial charge in [0.05, 0.1) is 45.8 Å². The van der Waals surface area contributed by atoms with Crippen LogP contribution in [0.5, 0.6) is 0 Å². The SMILES string of the molecule is Cc1cc(C)c(N2C=CN(C)[C@@H]2C)c2c1-c1ccccc1CC2.Cc1cc(C)c2c(ccc3ccccc32)c1N1C=CN(C)[C@@H]1C.Cc1cc(C)c2c(ccc3cccnc32)c1N1C=CN(C)[C@@H]1C.[2H]C([2H])([2H])N1c2cccnc2N(c2ccccc2C)[C@H]1C.[2H]C([2H])([2H])N1c2ccncc2N(c2ccccc2C)[C@H]1C.[2H]C([2H])([2H])N1c2ncccc2N(c2ccccc2C)[C@H]1C. The van der Waals surface area contributed by atoms with Crippen molar-refractivity contribution >= 4 is 112 Å². The van der Waals surface area contributed by atoms with Gasteiger partial charge in [0.15, 0.2) is 11.6 Å². The molecule has 21 rings (SSSR count). The van der Waals surface area contributed by atoms with E-state index in [1.54, 1.807) is 36.9 Å². The lowest BCUT2D eigenvalue weighted by Gasteiger charge is -2.33. The summed E-state index contributed by atoms with van der Waals surface area (Å²) in [6.45, 7) is 25.2. The Morgan fingerprint density at radius 2 is 0.764 bits per heavy atom. The van der Waals surface area contributed by atoms with Gasteiger partial charge in [-0.2, -0.15) is 0 Å². The molecule has 0 spiro atoms. The second-order valence-corrected chi connectivity index (χ2v) is 33.4. The maximum absolute atomic E-state index is 7.81. The standard InChI is InChI=1S/C21H24N2.C21H22N2.C20H21N3.3C15H17N3/c2*1-14-13-15(2)21(23-12-11-22(4)16(23)3)19-10-9-17-7-5-6-8-18(17)20(14)19;1-13-12-14(2)20(23-11-10-22(4)15(23)3)17-8-7-16-6-5-9-21-19(16)18(13)17;1-11-7-4-5-8-13(11)18-12(2)17(3)15-14(18)9-6-10-16-15;1-11-7-4-5-8-13(11)18-12(2)17(3)14-9-6-10-16-15(14)18;1-11-6-4-5-7-13(11)18-12(2)17(3)14-8-9-16-10-15(14)18/h5-8,11-13,16H,9-10H2,1-4H3;5-13,16H,1-4H3;5-12,15H,1-4H3;3*4-10,12H,1-3H3/t2*16-;15-;3*12-/m000000/s1/i;;;3*3D3. The van der Waals surface area contributed by atoms with E-state index in [9.17, 15) is 0 Å². The summed E-state index contributed by atoms with van der Waals surface area (Å²) < 4.78 is 70.2. The van der Waals surface area contributed by atoms with Crippen molar-refractivity contribution in [3.05, 3.63) is 336 Å². The molecule has 6 atom stereocenters. The summed E-state index contributed by atoms with van der Waals surface area (Å²) in [5.74, 6) is 1.20. The summed E-state index contributed by atoms with van der Waals surface area (Å²) in [7, 11) is 6.39. The second-order valence-electron chi connectivity index (χ2n) is 33.4. The van der Waals surface area contributed by atoms with Crippen molar-refractivity contribution in [2.75, 3.05) is 86.2 Å². The fraction of sp³-hybridized carbons (Fsp3) is 0.271. The van der Waals surface area contributed by atoms with Crippen LogP contribution in [-0.2, 0) is 12.8 Å². The number of rotatable bonds is 6. The summed E-state index contributed by atoms with van der Waals surface area (Å²) >= 11 is 0. The van der Waals surface area contributed by atoms with E-state index >= 15 is 0 Å². The van der Waals surface area contributed by atoms with Crippen molar-refractivity contribution < 1.29 is 12.3 Å². The largest absolute Gasteiger partial charge is 0.359 e. The zero-order valence-electron chi connectivity index (χ0n) is 83.0. The number of pyridine rings is 4. The van der Waals surface area contributed by atoms with Gasteiger partial charge in [-0.1, -0.05) is 152 Å². The molecule has 6 aliphatic heterocycles. The van der Waals surface area contributed by atoms with E-state index in [0.29, 0.717) is 41.5 Å². The van der Waals surface area contributed by atoms with Crippen LogP contribution in [-0.4, -0.2) is 114 Å². The molecule has 14 aromatic rings. The Hall–Kier alpha value is -13.3. The van der Waals surface area contributed by atoms with Gasteiger partial charge in [0.1, 0.15) is 37.0 Å². The third kappa shape index (κ3) is 15.4. The Balaban J connectivity index is 0.000000116. The first-order valence-corrected chi connectivity index (χ1v) is 42.7. The van der Waals surface area contributed by atoms with E-state index in [2.05, 4.69) is 267 Å². The highest BCUT2D eigenvalue weighted by molar-refractivity contribution is 6.14. The summed E-state index contributed by atoms with van der Waals surface area (Å²) in [5.41, 5.74) is 28.3. The molecule has 7 aliphatic rings. The summed E-state index contributed by atoms with van der Waals surface area (Å²) in [6, 6.07) is 70.6. The Kier molecular flexibility index (Phi) is 20.4. The van der Waals surface area contributed by atoms with Gasteiger partial charge in [0.25, 0.3) is 0 Å². The molecule has 1 aliphatic carbocycles. The van der Waals surface area contributed by atoms with E-state index in [1.165, 1.54) is 125 Å². The highest BCUT2D eigenvalue weighted by Gasteiger charge is 2.37. The number of aromatic nitrogens is 4. The average Bonchev–Trinajstić information content (AvgIpc) is 1.64. The monoisotopic (exact) mass is 1640 g/mol. The van der Waals surface area contributed by atoms with Crippen molar-refractivity contribution in [2.45, 2.75) is 154 Å². The first kappa shape index (κ1) is 72.5. The Bertz CT molecular complexity index is 6330. The number of anilines is 12. The molecule has 10 aromatic carbocycles. The topological polar surface area (TPSA) is 90.4 Å². The number of para-hydroxylation sites is 3. The normalized spacial score (nSPS) is 19.5. The van der Waals surface area contributed by atoms with Crippen LogP contribution < -0.4 is 44.1 Å². The molecule has 10 heterocycles. The van der Waals surface area contributed by atoms with Crippen molar-refractivity contribution in [1.82, 2.24) is 34.6 Å². The number of hydrogen-bond acceptors (Lipinski definition) is 16. The molecule has 626 valence electrons. The minimum absolute atomic E-state index is 0.294. The van der Waals surface area contributed by atoms with Crippen molar-refractivity contribution in [1.29, 1.82) is 0 Å². The summed E-state index contributed by atoms with van der Waals surface area (Å²) in [5, 5.41) is 9.10. The predicted molar refractivity (Wildman–Crippen MR) is 521 cm³/mol. The molecule has 0 unspecified atom stereocenters. The van der Waals surface area contributed by atoms with E-state index in [4.69, 9.17) is 12.3 Å². The molecule has 0 N–H and O–H groups in total. The summed E-state index contributed by atoms with van der Waals surface area (Å²) in [4.78, 5) is 41.8. The molecule has 16 heteroatoms. The lowest BCUT2D eigenvalue weighted by Crippen LogP contribution is -2.36. The van der Waals surface area contributed by atoms with Crippen LogP contribution in [0.25, 0.3) is 54.3 Å². The van der Waals surface area contributed by atoms with Gasteiger partial charge in [0, 0.05) is 161 Å². The molecule has 0 saturated carbocycles. The van der Waals surface area contributed by atoms with Crippen LogP contribution in [0.1, 0.15) is 115 Å². The van der Waals surface area contributed by atoms with Gasteiger partial charge in [-0.05, 0) is 260 Å². The molecule has 123 heavy (non-hydrogen) atoms. The van der Waals surface area contributed by atoms with Gasteiger partial charge in [0.2, 0.25) is 0 Å². The van der Waals surface area contributed by atoms with Crippen LogP contribution in [0.4, 0.5) is 68.5 Å². The highest BCUT2D eigenvalue weighted by Crippen LogP contribution is 2.49. The lowest BCUT2D eigenvalue weighted by atomic mass is 9.81. The molecule has 4 aromatic heterocycles. The number of benzene rings is 10. The Morgan fingerprint density at radius 3 is 1.36 bits per heavy atom. The van der Waals surface area contributed by atoms with E-state index in [1.807, 2.05) is 160 Å². The second kappa shape index (κ2) is 34.6. The minimum Gasteiger partial charge on any atom is -0.359 e. The van der Waals surface area contributed by atoms with Crippen LogP contribution >= 0.6 is 0 Å². The molecule has 0 fully saturated rings. The maximum atomic E-state index is 7.81. The molecular weight excluding hydrogens is 1510 g/mol. The number of fused-ring (bicyclic) bond motifs is 12. The number of hydrogen-bond donors (Lipinski definition) is 0. The molecule has 0 radical (unpaired) electrons. The number of nitrogens with zero attached hydrogens (tertiary/aromatic N) is 16. The fourth-order valence-electron chi connectivity index (χ4n) is 18.9. The van der Waals surface area contributed by atoms with Crippen LogP contribution in [0.15, 0.2) is 274 Å². The third-order valence-corrected chi connectivity index (χ3v) is 25.6. The van der Waals surface area contributed by atoms with E-state index in [-0.39, 0.29) is 18.5 Å². The molecule has 0 amide bonds. The van der Waals surface area contributed by atoms with Gasteiger partial charge in [-0.25, -0.2) is 9.97 Å². The smallest absolute Gasteiger partial charge is 0.158 e. The van der Waals surface area contributed by atoms with Gasteiger partial charge < -0.3 is 58.8 Å². The Labute approximate surface area is 741 Å². The van der Waals surface area contributed by atoms with Crippen molar-refractivity contribution in [3.8, 4) is 11.1 Å². The minimum atomic E-state index is -2.22. The molecule has 16 nitrogen and oxygen atoms in total. The fourth-order valence-corrected chi connectivity index (χ4v) is 18.9. The quantitative estimate of drug-likeness (QED) is 0.148. The zero-order chi connectivity index (χ0) is 94.0. The van der Waals surface area contributed by atoms with Gasteiger partial charge >= 0.3 is 0 Å². The van der Waals surface area contributed by atoms with Gasteiger partial charge in [-0.3, -0.25) is 9.97 Å². The van der Waals surface area contributed by atoms with E-state index < -0.39 is 20.9 Å². The van der Waals surface area contributed by atoms with E-state index in [0.717, 1.165) is 63.5 Å². The Morgan fingerprint density at radius 1 is 0.317 bits per heavy atom. The first-order valence-electron chi connectivity index (χ1n) is 47.2. The van der Waals surface area contributed by atoms with Crippen LogP contribution in [0, 0.1) is 62.3 Å². The van der Waals surface area contributed by atoms with Crippen LogP contribution in [0.3, 0.4) is 0 Å². The lowest BCUT2D eigenvalue weighted by molar-refractivity contribution is 0.382. The molecule has 0 saturated heterocycles.